The quantitative estimate of drug-likeness (QED) is 0.743. The van der Waals surface area contributed by atoms with Crippen LogP contribution >= 0.6 is 11.6 Å². The van der Waals surface area contributed by atoms with Crippen molar-refractivity contribution in [2.24, 2.45) is 0 Å². The van der Waals surface area contributed by atoms with Gasteiger partial charge in [0.15, 0.2) is 5.78 Å². The highest BCUT2D eigenvalue weighted by atomic mass is 35.5. The first-order valence-electron chi connectivity index (χ1n) is 5.76. The van der Waals surface area contributed by atoms with Crippen molar-refractivity contribution in [3.8, 4) is 11.5 Å². The van der Waals surface area contributed by atoms with Crippen molar-refractivity contribution in [2.45, 2.75) is 13.3 Å². The molecule has 0 bridgehead atoms. The molecule has 2 aromatic rings. The van der Waals surface area contributed by atoms with Gasteiger partial charge in [-0.05, 0) is 36.4 Å². The SMILES string of the molecule is CCC(=O)c1ccccc1Oc1ccc(Cl)cc1. The molecule has 0 N–H and O–H groups in total. The summed E-state index contributed by atoms with van der Waals surface area (Å²) in [6.07, 6.45) is 0.459. The van der Waals surface area contributed by atoms with Gasteiger partial charge in [0.2, 0.25) is 0 Å². The van der Waals surface area contributed by atoms with Crippen molar-refractivity contribution in [1.82, 2.24) is 0 Å². The van der Waals surface area contributed by atoms with E-state index in [2.05, 4.69) is 0 Å². The van der Waals surface area contributed by atoms with Crippen molar-refractivity contribution in [3.05, 3.63) is 59.1 Å². The molecule has 0 fully saturated rings. The maximum absolute atomic E-state index is 11.8. The fraction of sp³-hybridized carbons (Fsp3) is 0.133. The lowest BCUT2D eigenvalue weighted by Gasteiger charge is -2.09. The molecule has 18 heavy (non-hydrogen) atoms. The molecule has 0 saturated carbocycles. The molecule has 3 heteroatoms. The second kappa shape index (κ2) is 5.69. The molecule has 0 aromatic heterocycles. The van der Waals surface area contributed by atoms with E-state index < -0.39 is 0 Å². The Balaban J connectivity index is 2.28. The lowest BCUT2D eigenvalue weighted by molar-refractivity contribution is 0.0986. The Labute approximate surface area is 111 Å². The summed E-state index contributed by atoms with van der Waals surface area (Å²) in [7, 11) is 0. The van der Waals surface area contributed by atoms with Crippen LogP contribution in [0, 0.1) is 0 Å². The highest BCUT2D eigenvalue weighted by Crippen LogP contribution is 2.27. The van der Waals surface area contributed by atoms with Crippen LogP contribution in [0.15, 0.2) is 48.5 Å². The predicted octanol–water partition coefficient (Wildman–Crippen LogP) is 4.73. The molecular weight excluding hydrogens is 248 g/mol. The van der Waals surface area contributed by atoms with E-state index in [-0.39, 0.29) is 5.78 Å². The van der Waals surface area contributed by atoms with Gasteiger partial charge in [-0.25, -0.2) is 0 Å². The van der Waals surface area contributed by atoms with E-state index in [9.17, 15) is 4.79 Å². The Hall–Kier alpha value is -1.80. The van der Waals surface area contributed by atoms with E-state index >= 15 is 0 Å². The van der Waals surface area contributed by atoms with Gasteiger partial charge in [0.25, 0.3) is 0 Å². The molecule has 0 unspecified atom stereocenters. The fourth-order valence-electron chi connectivity index (χ4n) is 1.61. The summed E-state index contributed by atoms with van der Waals surface area (Å²) >= 11 is 5.81. The van der Waals surface area contributed by atoms with E-state index in [1.54, 1.807) is 36.4 Å². The summed E-state index contributed by atoms with van der Waals surface area (Å²) in [5, 5.41) is 0.653. The number of carbonyl (C=O) groups is 1. The molecule has 0 aliphatic carbocycles. The van der Waals surface area contributed by atoms with Gasteiger partial charge in [0.1, 0.15) is 11.5 Å². The topological polar surface area (TPSA) is 26.3 Å². The first-order chi connectivity index (χ1) is 8.70. The second-order valence-corrected chi connectivity index (χ2v) is 4.27. The van der Waals surface area contributed by atoms with E-state index in [1.807, 2.05) is 19.1 Å². The van der Waals surface area contributed by atoms with Gasteiger partial charge in [-0.1, -0.05) is 30.7 Å². The average molecular weight is 261 g/mol. The van der Waals surface area contributed by atoms with Crippen molar-refractivity contribution in [1.29, 1.82) is 0 Å². The van der Waals surface area contributed by atoms with E-state index in [0.717, 1.165) is 0 Å². The summed E-state index contributed by atoms with van der Waals surface area (Å²) in [6, 6.07) is 14.3. The monoisotopic (exact) mass is 260 g/mol. The fourth-order valence-corrected chi connectivity index (χ4v) is 1.73. The van der Waals surface area contributed by atoms with Crippen LogP contribution < -0.4 is 4.74 Å². The number of hydrogen-bond donors (Lipinski definition) is 0. The summed E-state index contributed by atoms with van der Waals surface area (Å²) in [6.45, 7) is 1.83. The number of carbonyl (C=O) groups excluding carboxylic acids is 1. The van der Waals surface area contributed by atoms with Crippen LogP contribution in [0.25, 0.3) is 0 Å². The Bertz CT molecular complexity index is 547. The Morgan fingerprint density at radius 1 is 1.11 bits per heavy atom. The average Bonchev–Trinajstić information content (AvgIpc) is 2.41. The minimum absolute atomic E-state index is 0.0690. The maximum atomic E-state index is 11.8. The Kier molecular flexibility index (Phi) is 4.00. The number of ether oxygens (including phenoxy) is 1. The summed E-state index contributed by atoms with van der Waals surface area (Å²) in [4.78, 5) is 11.8. The summed E-state index contributed by atoms with van der Waals surface area (Å²) < 4.78 is 5.71. The second-order valence-electron chi connectivity index (χ2n) is 3.83. The lowest BCUT2D eigenvalue weighted by Crippen LogP contribution is -1.99. The van der Waals surface area contributed by atoms with Crippen LogP contribution in [0.4, 0.5) is 0 Å². The third-order valence-electron chi connectivity index (χ3n) is 2.55. The zero-order valence-electron chi connectivity index (χ0n) is 10.0. The van der Waals surface area contributed by atoms with Crippen LogP contribution in [0.1, 0.15) is 23.7 Å². The number of hydrogen-bond acceptors (Lipinski definition) is 2. The third kappa shape index (κ3) is 2.90. The van der Waals surface area contributed by atoms with E-state index in [4.69, 9.17) is 16.3 Å². The normalized spacial score (nSPS) is 10.1. The zero-order valence-corrected chi connectivity index (χ0v) is 10.8. The molecule has 2 nitrogen and oxygen atoms in total. The molecule has 0 heterocycles. The highest BCUT2D eigenvalue weighted by Gasteiger charge is 2.10. The van der Waals surface area contributed by atoms with Gasteiger partial charge in [0.05, 0.1) is 5.56 Å². The third-order valence-corrected chi connectivity index (χ3v) is 2.80. The highest BCUT2D eigenvalue weighted by molar-refractivity contribution is 6.30. The summed E-state index contributed by atoms with van der Waals surface area (Å²) in [5.41, 5.74) is 0.606. The van der Waals surface area contributed by atoms with Crippen LogP contribution in [0.5, 0.6) is 11.5 Å². The standard InChI is InChI=1S/C15H13ClO2/c1-2-14(17)13-5-3-4-6-15(13)18-12-9-7-11(16)8-10-12/h3-10H,2H2,1H3. The van der Waals surface area contributed by atoms with Gasteiger partial charge < -0.3 is 4.74 Å². The maximum Gasteiger partial charge on any atom is 0.166 e. The molecule has 0 amide bonds. The van der Waals surface area contributed by atoms with Crippen molar-refractivity contribution >= 4 is 17.4 Å². The van der Waals surface area contributed by atoms with Gasteiger partial charge in [-0.15, -0.1) is 0 Å². The van der Waals surface area contributed by atoms with Gasteiger partial charge in [-0.2, -0.15) is 0 Å². The first-order valence-corrected chi connectivity index (χ1v) is 6.14. The van der Waals surface area contributed by atoms with Crippen LogP contribution in [0.2, 0.25) is 5.02 Å². The molecule has 2 rings (SSSR count). The number of ketones is 1. The predicted molar refractivity (Wildman–Crippen MR) is 72.6 cm³/mol. The lowest BCUT2D eigenvalue weighted by atomic mass is 10.1. The van der Waals surface area contributed by atoms with Gasteiger partial charge in [0, 0.05) is 11.4 Å². The Morgan fingerprint density at radius 3 is 2.44 bits per heavy atom. The van der Waals surface area contributed by atoms with Crippen molar-refractivity contribution in [2.75, 3.05) is 0 Å². The van der Waals surface area contributed by atoms with E-state index in [0.29, 0.717) is 28.5 Å². The van der Waals surface area contributed by atoms with Gasteiger partial charge >= 0.3 is 0 Å². The number of rotatable bonds is 4. The van der Waals surface area contributed by atoms with Crippen molar-refractivity contribution < 1.29 is 9.53 Å². The van der Waals surface area contributed by atoms with Crippen molar-refractivity contribution in [3.63, 3.8) is 0 Å². The van der Waals surface area contributed by atoms with Crippen LogP contribution in [-0.2, 0) is 0 Å². The number of halogens is 1. The minimum Gasteiger partial charge on any atom is -0.457 e. The molecule has 0 spiro atoms. The van der Waals surface area contributed by atoms with Crippen LogP contribution in [-0.4, -0.2) is 5.78 Å². The molecule has 0 saturated heterocycles. The number of benzene rings is 2. The molecule has 0 radical (unpaired) electrons. The molecule has 0 aliphatic rings. The molecular formula is C15H13ClO2. The smallest absolute Gasteiger partial charge is 0.166 e. The summed E-state index contributed by atoms with van der Waals surface area (Å²) in [5.74, 6) is 1.31. The number of Topliss-reactive ketones (excluding diaryl/α,β-unsaturated/α-hetero) is 1. The zero-order chi connectivity index (χ0) is 13.0. The van der Waals surface area contributed by atoms with Gasteiger partial charge in [-0.3, -0.25) is 4.79 Å². The molecule has 2 aromatic carbocycles. The molecule has 0 aliphatic heterocycles. The first kappa shape index (κ1) is 12.7. The van der Waals surface area contributed by atoms with Crippen LogP contribution in [0.3, 0.4) is 0 Å². The molecule has 0 atom stereocenters. The minimum atomic E-state index is 0.0690. The van der Waals surface area contributed by atoms with E-state index in [1.165, 1.54) is 0 Å². The molecule has 92 valence electrons. The largest absolute Gasteiger partial charge is 0.457 e. The Morgan fingerprint density at radius 2 is 1.78 bits per heavy atom. The number of para-hydroxylation sites is 1.